The number of hydrogen-bond acceptors (Lipinski definition) is 8. The van der Waals surface area contributed by atoms with Crippen LogP contribution >= 0.6 is 22.6 Å². The molecule has 0 aromatic carbocycles. The largest absolute Gasteiger partial charge is 0.508 e. The lowest BCUT2D eigenvalue weighted by molar-refractivity contribution is -0.0220. The second-order valence-corrected chi connectivity index (χ2v) is 5.69. The van der Waals surface area contributed by atoms with Gasteiger partial charge in [-0.05, 0) is 6.42 Å². The van der Waals surface area contributed by atoms with Gasteiger partial charge >= 0.3 is 0 Å². The summed E-state index contributed by atoms with van der Waals surface area (Å²) in [5.41, 5.74) is 16.8. The topological polar surface area (TPSA) is 158 Å². The Balaban J connectivity index is 2.08. The van der Waals surface area contributed by atoms with Crippen LogP contribution in [0.4, 0.5) is 11.9 Å². The molecule has 1 aromatic heterocycles. The number of anilines is 2. The maximum atomic E-state index is 9.85. The first-order valence-corrected chi connectivity index (χ1v) is 6.73. The zero-order valence-electron chi connectivity index (χ0n) is 9.90. The minimum Gasteiger partial charge on any atom is -0.508 e. The smallest absolute Gasteiger partial charge is 0.241 e. The maximum absolute atomic E-state index is 9.85. The number of nitrogens with two attached hydrogens (primary N) is 3. The van der Waals surface area contributed by atoms with Gasteiger partial charge in [-0.2, -0.15) is 4.98 Å². The van der Waals surface area contributed by atoms with Gasteiger partial charge in [-0.1, -0.05) is 22.6 Å². The monoisotopic (exact) mass is 382 g/mol. The molecule has 8 N–H and O–H groups in total. The van der Waals surface area contributed by atoms with Crippen LogP contribution in [0.1, 0.15) is 6.42 Å². The highest BCUT2D eigenvalue weighted by molar-refractivity contribution is 14.1. The Bertz CT molecular complexity index is 504. The number of ether oxygens (including phenoxy) is 1. The highest BCUT2D eigenvalue weighted by Crippen LogP contribution is 2.29. The third-order valence-electron chi connectivity index (χ3n) is 2.79. The van der Waals surface area contributed by atoms with Crippen molar-refractivity contribution in [3.05, 3.63) is 11.5 Å². The molecule has 1 aromatic rings. The van der Waals surface area contributed by atoms with Gasteiger partial charge in [0.1, 0.15) is 18.6 Å². The van der Waals surface area contributed by atoms with Crippen LogP contribution < -0.4 is 17.2 Å². The van der Waals surface area contributed by atoms with E-state index in [2.05, 4.69) is 10.1 Å². The summed E-state index contributed by atoms with van der Waals surface area (Å²) in [5.74, 6) is -0.242. The van der Waals surface area contributed by atoms with E-state index in [0.717, 1.165) is 0 Å². The number of nitrogens with zero attached hydrogens (tertiary/aromatic N) is 3. The molecule has 2 unspecified atom stereocenters. The first-order valence-electron chi connectivity index (χ1n) is 5.49. The Hall–Kier alpha value is -1.27. The standard InChI is InChI=1S/C9H15IN6O3/c10-3-1-4(11)7(6(18)5(3)17)19-2-16-9(13)14-8(12)15-16/h3-4,7,17-18H,1-2,11H2,(H4,12,13,14,15)/t3-,4?,7?/m1/s1. The SMILES string of the molecule is Nc1nc(N)n(COC2C(O)=C(O)[C@H](I)CC2N)n1. The molecule has 1 aliphatic carbocycles. The minimum atomic E-state index is -0.809. The first kappa shape index (κ1) is 14.1. The van der Waals surface area contributed by atoms with Crippen LogP contribution in [-0.4, -0.2) is 41.0 Å². The molecule has 0 saturated heterocycles. The van der Waals surface area contributed by atoms with Crippen molar-refractivity contribution in [2.24, 2.45) is 5.73 Å². The first-order chi connectivity index (χ1) is 8.90. The molecule has 0 amide bonds. The molecule has 0 bridgehead atoms. The number of alkyl halides is 1. The molecular weight excluding hydrogens is 367 g/mol. The third-order valence-corrected chi connectivity index (χ3v) is 3.89. The molecule has 1 heterocycles. The molecule has 0 radical (unpaired) electrons. The van der Waals surface area contributed by atoms with E-state index in [9.17, 15) is 10.2 Å². The Morgan fingerprint density at radius 2 is 2.05 bits per heavy atom. The van der Waals surface area contributed by atoms with Crippen molar-refractivity contribution in [3.8, 4) is 0 Å². The number of hydrogen-bond donors (Lipinski definition) is 5. The number of aromatic nitrogens is 3. The predicted molar refractivity (Wildman–Crippen MR) is 76.4 cm³/mol. The summed E-state index contributed by atoms with van der Waals surface area (Å²) in [6.45, 7) is -0.0718. The highest BCUT2D eigenvalue weighted by Gasteiger charge is 2.35. The number of halogens is 1. The zero-order valence-corrected chi connectivity index (χ0v) is 12.1. The Morgan fingerprint density at radius 1 is 1.37 bits per heavy atom. The molecule has 1 aliphatic rings. The molecule has 19 heavy (non-hydrogen) atoms. The molecule has 0 saturated carbocycles. The van der Waals surface area contributed by atoms with Crippen LogP contribution in [0.25, 0.3) is 0 Å². The molecule has 0 fully saturated rings. The lowest BCUT2D eigenvalue weighted by Gasteiger charge is -2.30. The van der Waals surface area contributed by atoms with Crippen LogP contribution in [0, 0.1) is 0 Å². The lowest BCUT2D eigenvalue weighted by atomic mass is 9.96. The molecule has 106 valence electrons. The second-order valence-electron chi connectivity index (χ2n) is 4.18. The number of allylic oxidation sites excluding steroid dienone is 1. The number of nitrogen functional groups attached to an aromatic ring is 2. The van der Waals surface area contributed by atoms with Crippen LogP contribution in [0.2, 0.25) is 0 Å². The average Bonchev–Trinajstić information content (AvgIpc) is 2.65. The Labute approximate surface area is 122 Å². The van der Waals surface area contributed by atoms with E-state index in [0.29, 0.717) is 6.42 Å². The van der Waals surface area contributed by atoms with Gasteiger partial charge in [-0.25, -0.2) is 4.68 Å². The van der Waals surface area contributed by atoms with Crippen molar-refractivity contribution in [1.82, 2.24) is 14.8 Å². The summed E-state index contributed by atoms with van der Waals surface area (Å²) in [4.78, 5) is 3.71. The number of aliphatic hydroxyl groups excluding tert-OH is 2. The molecule has 3 atom stereocenters. The fraction of sp³-hybridized carbons (Fsp3) is 0.556. The summed E-state index contributed by atoms with van der Waals surface area (Å²) in [6.07, 6.45) is -0.313. The summed E-state index contributed by atoms with van der Waals surface area (Å²) in [5, 5.41) is 23.4. The van der Waals surface area contributed by atoms with Crippen molar-refractivity contribution in [3.63, 3.8) is 0 Å². The van der Waals surface area contributed by atoms with Crippen molar-refractivity contribution < 1.29 is 14.9 Å². The maximum Gasteiger partial charge on any atom is 0.241 e. The molecule has 2 rings (SSSR count). The molecular formula is C9H15IN6O3. The van der Waals surface area contributed by atoms with Gasteiger partial charge in [0.2, 0.25) is 11.9 Å². The van der Waals surface area contributed by atoms with Gasteiger partial charge in [0.25, 0.3) is 0 Å². The predicted octanol–water partition coefficient (Wildman–Crippen LogP) is -0.353. The fourth-order valence-electron chi connectivity index (χ4n) is 1.80. The quantitative estimate of drug-likeness (QED) is 0.350. The van der Waals surface area contributed by atoms with E-state index in [1.807, 2.05) is 22.6 Å². The average molecular weight is 382 g/mol. The Kier molecular flexibility index (Phi) is 4.01. The summed E-state index contributed by atoms with van der Waals surface area (Å²) >= 11 is 2.00. The summed E-state index contributed by atoms with van der Waals surface area (Å²) in [6, 6.07) is -0.431. The van der Waals surface area contributed by atoms with Gasteiger partial charge in [-0.3, -0.25) is 0 Å². The lowest BCUT2D eigenvalue weighted by Crippen LogP contribution is -2.44. The van der Waals surface area contributed by atoms with E-state index in [1.165, 1.54) is 4.68 Å². The number of aliphatic hydroxyl groups is 2. The van der Waals surface area contributed by atoms with Gasteiger partial charge in [0, 0.05) is 6.04 Å². The van der Waals surface area contributed by atoms with Crippen molar-refractivity contribution >= 4 is 34.5 Å². The fourth-order valence-corrected chi connectivity index (χ4v) is 2.71. The third kappa shape index (κ3) is 2.84. The van der Waals surface area contributed by atoms with Gasteiger partial charge in [0.15, 0.2) is 5.76 Å². The molecule has 9 nitrogen and oxygen atoms in total. The van der Waals surface area contributed by atoms with Crippen molar-refractivity contribution in [1.29, 1.82) is 0 Å². The van der Waals surface area contributed by atoms with Gasteiger partial charge in [0.05, 0.1) is 3.92 Å². The van der Waals surface area contributed by atoms with Gasteiger partial charge in [-0.15, -0.1) is 5.10 Å². The minimum absolute atomic E-state index is 0.0315. The van der Waals surface area contributed by atoms with E-state index in [1.54, 1.807) is 0 Å². The molecule has 0 aliphatic heterocycles. The van der Waals surface area contributed by atoms with E-state index < -0.39 is 12.1 Å². The molecule has 10 heteroatoms. The normalized spacial score (nSPS) is 27.8. The number of rotatable bonds is 3. The van der Waals surface area contributed by atoms with E-state index in [-0.39, 0.29) is 34.1 Å². The Morgan fingerprint density at radius 3 is 2.63 bits per heavy atom. The van der Waals surface area contributed by atoms with E-state index in [4.69, 9.17) is 21.9 Å². The van der Waals surface area contributed by atoms with Crippen molar-refractivity contribution in [2.45, 2.75) is 29.2 Å². The van der Waals surface area contributed by atoms with E-state index >= 15 is 0 Å². The molecule has 0 spiro atoms. The van der Waals surface area contributed by atoms with Crippen LogP contribution in [-0.2, 0) is 11.5 Å². The van der Waals surface area contributed by atoms with Crippen LogP contribution in [0.5, 0.6) is 0 Å². The van der Waals surface area contributed by atoms with Crippen molar-refractivity contribution in [2.75, 3.05) is 11.5 Å². The van der Waals surface area contributed by atoms with Crippen LogP contribution in [0.15, 0.2) is 11.5 Å². The summed E-state index contributed by atoms with van der Waals surface area (Å²) < 4.78 is 6.45. The summed E-state index contributed by atoms with van der Waals surface area (Å²) in [7, 11) is 0. The van der Waals surface area contributed by atoms with Crippen LogP contribution in [0.3, 0.4) is 0 Å². The highest BCUT2D eigenvalue weighted by atomic mass is 127. The zero-order chi connectivity index (χ0) is 14.2. The second kappa shape index (κ2) is 5.38. The van der Waals surface area contributed by atoms with Gasteiger partial charge < -0.3 is 32.2 Å².